The number of rotatable bonds is 1. The van der Waals surface area contributed by atoms with Crippen LogP contribution in [0.25, 0.3) is 0 Å². The molecule has 7 heteroatoms. The Balaban J connectivity index is 2.26. The van der Waals surface area contributed by atoms with Gasteiger partial charge in [0.15, 0.2) is 11.5 Å². The molecule has 0 spiro atoms. The number of ether oxygens (including phenoxy) is 3. The van der Waals surface area contributed by atoms with Gasteiger partial charge in [-0.05, 0) is 12.1 Å². The average Bonchev–Trinajstić information content (AvgIpc) is 2.36. The molecule has 1 heterocycles. The minimum Gasteiger partial charge on any atom is -0.410 e. The topological polar surface area (TPSA) is 70.8 Å². The van der Waals surface area contributed by atoms with Crippen LogP contribution in [0.2, 0.25) is 0 Å². The smallest absolute Gasteiger partial charge is 0.410 e. The van der Waals surface area contributed by atoms with Crippen molar-refractivity contribution in [2.75, 3.05) is 0 Å². The van der Waals surface area contributed by atoms with Crippen LogP contribution in [0.4, 0.5) is 13.6 Å². The molecule has 0 aliphatic carbocycles. The van der Waals surface area contributed by atoms with E-state index in [1.807, 2.05) is 0 Å². The Labute approximate surface area is 82.3 Å². The quantitative estimate of drug-likeness (QED) is 0.773. The molecule has 5 nitrogen and oxygen atoms in total. The van der Waals surface area contributed by atoms with Gasteiger partial charge in [0.2, 0.25) is 0 Å². The molecule has 0 bridgehead atoms. The first-order chi connectivity index (χ1) is 6.96. The van der Waals surface area contributed by atoms with E-state index < -0.39 is 12.4 Å². The Morgan fingerprint density at radius 3 is 2.67 bits per heavy atom. The van der Waals surface area contributed by atoms with Crippen molar-refractivity contribution in [3.63, 3.8) is 0 Å². The molecule has 1 aromatic rings. The number of halogens is 2. The third kappa shape index (κ3) is 1.90. The standard InChI is InChI=1S/C8H5F2NO4/c9-8(10)14-5-2-1-4(13-7(11)12)3-6(5)15-8/h1-3H,(H2,11,12). The maximum Gasteiger partial charge on any atom is 0.586 e. The van der Waals surface area contributed by atoms with Crippen LogP contribution in [0, 0.1) is 0 Å². The van der Waals surface area contributed by atoms with E-state index in [1.165, 1.54) is 12.1 Å². The van der Waals surface area contributed by atoms with Crippen LogP contribution in [0.3, 0.4) is 0 Å². The van der Waals surface area contributed by atoms with Gasteiger partial charge in [-0.15, -0.1) is 8.78 Å². The van der Waals surface area contributed by atoms with Crippen molar-refractivity contribution >= 4 is 6.09 Å². The van der Waals surface area contributed by atoms with Crippen molar-refractivity contribution in [1.82, 2.24) is 0 Å². The lowest BCUT2D eigenvalue weighted by atomic mass is 10.3. The maximum absolute atomic E-state index is 12.6. The highest BCUT2D eigenvalue weighted by Crippen LogP contribution is 2.42. The van der Waals surface area contributed by atoms with E-state index in [4.69, 9.17) is 5.73 Å². The number of alkyl halides is 2. The summed E-state index contributed by atoms with van der Waals surface area (Å²) in [5, 5.41) is 0. The van der Waals surface area contributed by atoms with E-state index in [-0.39, 0.29) is 17.2 Å². The monoisotopic (exact) mass is 217 g/mol. The van der Waals surface area contributed by atoms with Gasteiger partial charge < -0.3 is 19.9 Å². The molecule has 0 saturated carbocycles. The summed E-state index contributed by atoms with van der Waals surface area (Å²) in [4.78, 5) is 10.4. The molecule has 0 saturated heterocycles. The molecule has 80 valence electrons. The van der Waals surface area contributed by atoms with E-state index in [9.17, 15) is 13.6 Å². The largest absolute Gasteiger partial charge is 0.586 e. The van der Waals surface area contributed by atoms with Gasteiger partial charge in [-0.25, -0.2) is 4.79 Å². The predicted octanol–water partition coefficient (Wildman–Crippen LogP) is 1.47. The van der Waals surface area contributed by atoms with E-state index in [0.29, 0.717) is 0 Å². The lowest BCUT2D eigenvalue weighted by molar-refractivity contribution is -0.286. The maximum atomic E-state index is 12.6. The molecule has 1 amide bonds. The summed E-state index contributed by atoms with van der Waals surface area (Å²) in [5.74, 6) is -0.335. The van der Waals surface area contributed by atoms with Crippen molar-refractivity contribution in [2.45, 2.75) is 6.29 Å². The Kier molecular flexibility index (Phi) is 1.88. The van der Waals surface area contributed by atoms with Crippen molar-refractivity contribution in [3.05, 3.63) is 18.2 Å². The SMILES string of the molecule is NC(=O)Oc1ccc2c(c1)OC(F)(F)O2. The summed E-state index contributed by atoms with van der Waals surface area (Å²) in [6.07, 6.45) is -4.73. The van der Waals surface area contributed by atoms with E-state index in [1.54, 1.807) is 0 Å². The van der Waals surface area contributed by atoms with Gasteiger partial charge in [0, 0.05) is 6.07 Å². The zero-order valence-electron chi connectivity index (χ0n) is 7.20. The molecule has 0 radical (unpaired) electrons. The minimum atomic E-state index is -3.69. The zero-order chi connectivity index (χ0) is 11.1. The third-order valence-corrected chi connectivity index (χ3v) is 1.59. The Morgan fingerprint density at radius 2 is 2.00 bits per heavy atom. The Hall–Kier alpha value is -2.05. The van der Waals surface area contributed by atoms with Crippen LogP contribution in [0.15, 0.2) is 18.2 Å². The first-order valence-electron chi connectivity index (χ1n) is 3.83. The van der Waals surface area contributed by atoms with Gasteiger partial charge in [-0.2, -0.15) is 0 Å². The van der Waals surface area contributed by atoms with Gasteiger partial charge in [0.25, 0.3) is 0 Å². The molecule has 1 aromatic carbocycles. The first-order valence-corrected chi connectivity index (χ1v) is 3.83. The molecule has 0 unspecified atom stereocenters. The van der Waals surface area contributed by atoms with Crippen LogP contribution in [0.1, 0.15) is 0 Å². The molecular formula is C8H5F2NO4. The summed E-state index contributed by atoms with van der Waals surface area (Å²) in [6.45, 7) is 0. The molecule has 0 atom stereocenters. The number of hydrogen-bond donors (Lipinski definition) is 1. The second-order valence-corrected chi connectivity index (χ2v) is 2.70. The fraction of sp³-hybridized carbons (Fsp3) is 0.125. The summed E-state index contributed by atoms with van der Waals surface area (Å²) >= 11 is 0. The minimum absolute atomic E-state index is 0.00236. The molecule has 0 fully saturated rings. The number of fused-ring (bicyclic) bond motifs is 1. The highest BCUT2D eigenvalue weighted by Gasteiger charge is 2.43. The highest BCUT2D eigenvalue weighted by atomic mass is 19.3. The molecule has 2 N–H and O–H groups in total. The van der Waals surface area contributed by atoms with Gasteiger partial charge in [-0.3, -0.25) is 0 Å². The number of hydrogen-bond acceptors (Lipinski definition) is 4. The third-order valence-electron chi connectivity index (χ3n) is 1.59. The van der Waals surface area contributed by atoms with Crippen molar-refractivity contribution in [3.8, 4) is 17.2 Å². The fourth-order valence-electron chi connectivity index (χ4n) is 1.11. The van der Waals surface area contributed by atoms with Gasteiger partial charge in [0.05, 0.1) is 0 Å². The normalized spacial score (nSPS) is 16.1. The summed E-state index contributed by atoms with van der Waals surface area (Å²) < 4.78 is 37.8. The predicted molar refractivity (Wildman–Crippen MR) is 42.9 cm³/mol. The molecule has 15 heavy (non-hydrogen) atoms. The number of benzene rings is 1. The Morgan fingerprint density at radius 1 is 1.33 bits per heavy atom. The second kappa shape index (κ2) is 2.97. The lowest BCUT2D eigenvalue weighted by Crippen LogP contribution is -2.25. The zero-order valence-corrected chi connectivity index (χ0v) is 7.20. The highest BCUT2D eigenvalue weighted by molar-refractivity contribution is 5.68. The van der Waals surface area contributed by atoms with Crippen molar-refractivity contribution in [1.29, 1.82) is 0 Å². The van der Waals surface area contributed by atoms with Crippen LogP contribution in [-0.4, -0.2) is 12.4 Å². The number of carbonyl (C=O) groups is 1. The lowest BCUT2D eigenvalue weighted by Gasteiger charge is -2.04. The molecule has 2 rings (SSSR count). The first kappa shape index (κ1) is 9.50. The van der Waals surface area contributed by atoms with Crippen LogP contribution in [0.5, 0.6) is 17.2 Å². The molecular weight excluding hydrogens is 212 g/mol. The van der Waals surface area contributed by atoms with Gasteiger partial charge in [-0.1, -0.05) is 0 Å². The average molecular weight is 217 g/mol. The van der Waals surface area contributed by atoms with Gasteiger partial charge >= 0.3 is 12.4 Å². The van der Waals surface area contributed by atoms with E-state index in [0.717, 1.165) is 6.07 Å². The Bertz CT molecular complexity index is 421. The molecule has 0 aromatic heterocycles. The molecule has 1 aliphatic rings. The van der Waals surface area contributed by atoms with E-state index >= 15 is 0 Å². The van der Waals surface area contributed by atoms with E-state index in [2.05, 4.69) is 14.2 Å². The van der Waals surface area contributed by atoms with Crippen molar-refractivity contribution in [2.24, 2.45) is 5.73 Å². The van der Waals surface area contributed by atoms with Gasteiger partial charge in [0.1, 0.15) is 5.75 Å². The van der Waals surface area contributed by atoms with Crippen LogP contribution < -0.4 is 19.9 Å². The van der Waals surface area contributed by atoms with Crippen LogP contribution >= 0.6 is 0 Å². The molecule has 1 aliphatic heterocycles. The number of carbonyl (C=O) groups excluding carboxylic acids is 1. The summed E-state index contributed by atoms with van der Waals surface area (Å²) in [7, 11) is 0. The summed E-state index contributed by atoms with van der Waals surface area (Å²) in [6, 6.07) is 3.53. The summed E-state index contributed by atoms with van der Waals surface area (Å²) in [5.41, 5.74) is 4.74. The number of primary amides is 1. The fourth-order valence-corrected chi connectivity index (χ4v) is 1.11. The van der Waals surface area contributed by atoms with Crippen LogP contribution in [-0.2, 0) is 0 Å². The number of nitrogens with two attached hydrogens (primary N) is 1. The van der Waals surface area contributed by atoms with Crippen molar-refractivity contribution < 1.29 is 27.8 Å². The second-order valence-electron chi connectivity index (χ2n) is 2.70. The number of amides is 1.